The van der Waals surface area contributed by atoms with Crippen molar-refractivity contribution in [1.29, 1.82) is 0 Å². The Morgan fingerprint density at radius 3 is 1.48 bits per heavy atom. The Morgan fingerprint density at radius 1 is 0.633 bits per heavy atom. The standard InChI is InChI=1S/C37H44FN5O7S2.C34H39FN4O6S/c1-20(2)28-19-51-34(40-28)27-17-30(24-12-13-29(49-4)31(38)32(24)39-27)50-22-15-25-26(16-22)35(45)43(3)14-8-6-5-7-9-21-18-37(21,41-33(25)44)36(46)42-52(47,48)23-10-11-23;1-18(2)25-17-46-31(37-25)24-15-27(21-10-11-26(44-4)28(35)29(21)36-24)45-20-13-22-23(14-20)32(41)39(3)12-8-6-5-7-9-19-16-34(19,33(42)43)38-30(22)40/h7,9,12-13,17,19-23,25-26H,5-6,8,10-11,14-16,18H2,1-4H3,(H,41,44)(H,42,46);7,9-11,15,17-20,22-23H,5-6,8,12-14,16H2,1-4H3,(H,38,40)(H,42,43)/b2*9-7-/t21-,22-,25-,26-,37-;19-,20-,22-,23-,34-/m11/s1. The van der Waals surface area contributed by atoms with Crippen LogP contribution in [-0.2, 0) is 38.8 Å². The minimum atomic E-state index is -3.85. The van der Waals surface area contributed by atoms with Crippen LogP contribution in [0.15, 0.2) is 71.5 Å². The molecule has 13 rings (SSSR count). The van der Waals surface area contributed by atoms with E-state index in [1.165, 1.54) is 49.0 Å². The predicted octanol–water partition coefficient (Wildman–Crippen LogP) is 10.6. The fourth-order valence-electron chi connectivity index (χ4n) is 13.9. The second-order valence-electron chi connectivity index (χ2n) is 27.7. The molecule has 522 valence electrons. The number of thiazole rings is 2. The number of nitrogens with zero attached hydrogens (tertiary/aromatic N) is 6. The molecule has 4 aromatic heterocycles. The summed E-state index contributed by atoms with van der Waals surface area (Å²) in [4.78, 5) is 104. The van der Waals surface area contributed by atoms with Gasteiger partial charge >= 0.3 is 5.97 Å². The molecule has 6 aromatic rings. The Bertz CT molecular complexity index is 4290. The van der Waals surface area contributed by atoms with Crippen molar-refractivity contribution in [3.63, 3.8) is 0 Å². The van der Waals surface area contributed by atoms with Crippen molar-refractivity contribution in [2.24, 2.45) is 35.5 Å². The maximum Gasteiger partial charge on any atom is 0.330 e. The van der Waals surface area contributed by atoms with Gasteiger partial charge in [0.2, 0.25) is 33.7 Å². The summed E-state index contributed by atoms with van der Waals surface area (Å²) in [5.41, 5.74) is -0.0697. The molecule has 0 saturated heterocycles. The van der Waals surface area contributed by atoms with Crippen LogP contribution < -0.4 is 34.3 Å². The van der Waals surface area contributed by atoms with E-state index in [4.69, 9.17) is 28.9 Å². The first kappa shape index (κ1) is 69.7. The number of carbonyl (C=O) groups excluding carboxylic acids is 5. The highest BCUT2D eigenvalue weighted by atomic mass is 32.2. The van der Waals surface area contributed by atoms with Crippen molar-refractivity contribution in [2.45, 2.75) is 158 Å². The second kappa shape index (κ2) is 28.2. The minimum Gasteiger partial charge on any atom is -0.494 e. The number of rotatable bonds is 14. The van der Waals surface area contributed by atoms with Gasteiger partial charge in [0.05, 0.1) is 54.5 Å². The zero-order valence-corrected chi connectivity index (χ0v) is 58.6. The van der Waals surface area contributed by atoms with Crippen LogP contribution >= 0.6 is 22.7 Å². The molecule has 4 N–H and O–H groups in total. The van der Waals surface area contributed by atoms with E-state index < -0.39 is 97.6 Å². The summed E-state index contributed by atoms with van der Waals surface area (Å²) in [5, 5.41) is 21.1. The summed E-state index contributed by atoms with van der Waals surface area (Å²) >= 11 is 2.80. The summed E-state index contributed by atoms with van der Waals surface area (Å²) in [6.07, 6.45) is 13.5. The molecule has 27 heteroatoms. The van der Waals surface area contributed by atoms with Gasteiger partial charge in [-0.2, -0.15) is 0 Å². The van der Waals surface area contributed by atoms with Gasteiger partial charge < -0.3 is 44.5 Å². The lowest BCUT2D eigenvalue weighted by atomic mass is 9.93. The number of aliphatic carboxylic acids is 1. The molecule has 6 heterocycles. The van der Waals surface area contributed by atoms with Crippen molar-refractivity contribution in [3.8, 4) is 44.4 Å². The van der Waals surface area contributed by atoms with Crippen LogP contribution in [0.3, 0.4) is 0 Å². The summed E-state index contributed by atoms with van der Waals surface area (Å²) < 4.78 is 82.7. The number of pyridine rings is 2. The molecule has 5 aliphatic carbocycles. The molecular formula is C71H83F2N9O13S3. The molecule has 0 bridgehead atoms. The molecule has 7 aliphatic rings. The van der Waals surface area contributed by atoms with Gasteiger partial charge in [0.15, 0.2) is 23.1 Å². The second-order valence-corrected chi connectivity index (χ2v) is 31.3. The predicted molar refractivity (Wildman–Crippen MR) is 365 cm³/mol. The van der Waals surface area contributed by atoms with E-state index in [0.717, 1.165) is 49.9 Å². The number of carboxylic acid groups (broad SMARTS) is 1. The summed E-state index contributed by atoms with van der Waals surface area (Å²) in [6.45, 7) is 9.22. The zero-order valence-electron chi connectivity index (χ0n) is 56.1. The molecule has 5 saturated carbocycles. The van der Waals surface area contributed by atoms with Gasteiger partial charge in [-0.05, 0) is 126 Å². The van der Waals surface area contributed by atoms with Gasteiger partial charge in [0.25, 0.3) is 5.91 Å². The topological polar surface area (TPSA) is 288 Å². The highest BCUT2D eigenvalue weighted by molar-refractivity contribution is 7.91. The molecule has 10 atom stereocenters. The quantitative estimate of drug-likeness (QED) is 0.0737. The zero-order chi connectivity index (χ0) is 69.7. The number of halogens is 2. The maximum atomic E-state index is 15.7. The third-order valence-electron chi connectivity index (χ3n) is 20.2. The fraction of sp³-hybridized carbons (Fsp3) is 0.521. The average Bonchev–Trinajstić information content (AvgIpc) is 1.57. The number of ether oxygens (including phenoxy) is 4. The van der Waals surface area contributed by atoms with Crippen LogP contribution in [0.5, 0.6) is 23.0 Å². The van der Waals surface area contributed by atoms with Crippen molar-refractivity contribution in [2.75, 3.05) is 41.4 Å². The molecule has 0 unspecified atom stereocenters. The SMILES string of the molecule is COc1ccc2c(O[C@@H]3C[C@H]4C(=O)N[C@]5(C(=O)NS(=O)(=O)C6CC6)C[C@H]5/C=C\CCCCN(C)C(=O)[C@@H]4C3)cc(-c3nc(C(C)C)cs3)nc2c1F.COc1ccc2c(O[C@@H]3C[C@H]4C(=O)N[C@]5(C(=O)O)C[C@H]5/C=C\CCCCN(C)C(=O)[C@@H]4C3)cc(-c3nc(C(C)C)cs3)nc2c1F. The van der Waals surface area contributed by atoms with E-state index in [9.17, 15) is 42.3 Å². The molecular weight excluding hydrogens is 1320 g/mol. The summed E-state index contributed by atoms with van der Waals surface area (Å²) in [6, 6.07) is 9.79. The third-order valence-corrected chi connectivity index (χ3v) is 23.7. The number of hydrogen-bond acceptors (Lipinski definition) is 18. The number of carboxylic acids is 1. The van der Waals surface area contributed by atoms with Crippen LogP contribution in [0, 0.1) is 47.1 Å². The Hall–Kier alpha value is -8.17. The van der Waals surface area contributed by atoms with Crippen molar-refractivity contribution >= 4 is 90.0 Å². The van der Waals surface area contributed by atoms with E-state index in [1.54, 1.807) is 48.2 Å². The lowest BCUT2D eigenvalue weighted by molar-refractivity contribution is -0.145. The van der Waals surface area contributed by atoms with Crippen LogP contribution in [0.1, 0.15) is 141 Å². The third kappa shape index (κ3) is 14.2. The van der Waals surface area contributed by atoms with E-state index in [-0.39, 0.29) is 90.1 Å². The molecule has 2 aliphatic heterocycles. The number of amides is 5. The van der Waals surface area contributed by atoms with E-state index in [0.29, 0.717) is 76.0 Å². The van der Waals surface area contributed by atoms with Gasteiger partial charge in [-0.15, -0.1) is 22.7 Å². The Labute approximate surface area is 575 Å². The summed E-state index contributed by atoms with van der Waals surface area (Å²) in [7, 11) is 2.37. The molecule has 5 fully saturated rings. The van der Waals surface area contributed by atoms with E-state index >= 15 is 8.78 Å². The monoisotopic (exact) mass is 1400 g/mol. The average molecular weight is 1400 g/mol. The number of methoxy groups -OCH3 is 2. The van der Waals surface area contributed by atoms with Gasteiger partial charge in [0.1, 0.15) is 67.2 Å². The largest absolute Gasteiger partial charge is 0.494 e. The van der Waals surface area contributed by atoms with Gasteiger partial charge in [-0.1, -0.05) is 52.0 Å². The van der Waals surface area contributed by atoms with Gasteiger partial charge in [-0.3, -0.25) is 28.7 Å². The Morgan fingerprint density at radius 2 is 1.06 bits per heavy atom. The van der Waals surface area contributed by atoms with E-state index in [2.05, 4.69) is 25.3 Å². The molecule has 22 nitrogen and oxygen atoms in total. The van der Waals surface area contributed by atoms with Crippen molar-refractivity contribution < 1.29 is 70.0 Å². The molecule has 0 radical (unpaired) electrons. The normalized spacial score (nSPS) is 27.4. The van der Waals surface area contributed by atoms with Crippen LogP contribution in [-0.4, -0.2) is 149 Å². The van der Waals surface area contributed by atoms with E-state index in [1.807, 2.05) is 62.8 Å². The number of sulfonamides is 1. The number of nitrogens with one attached hydrogen (secondary N) is 3. The number of allylic oxidation sites excluding steroid dienone is 2. The number of carbonyl (C=O) groups is 6. The number of hydrogen-bond donors (Lipinski definition) is 4. The van der Waals surface area contributed by atoms with Gasteiger partial charge in [0, 0.05) is 72.7 Å². The molecule has 98 heavy (non-hydrogen) atoms. The first-order chi connectivity index (χ1) is 46.8. The van der Waals surface area contributed by atoms with Crippen molar-refractivity contribution in [1.82, 2.24) is 45.1 Å². The first-order valence-corrected chi connectivity index (χ1v) is 37.0. The Balaban J connectivity index is 0.000000188. The highest BCUT2D eigenvalue weighted by Gasteiger charge is 2.63. The van der Waals surface area contributed by atoms with Crippen molar-refractivity contribution in [3.05, 3.63) is 94.5 Å². The number of benzene rings is 2. The highest BCUT2D eigenvalue weighted by Crippen LogP contribution is 2.50. The smallest absolute Gasteiger partial charge is 0.330 e. The Kier molecular flexibility index (Phi) is 20.1. The number of aromatic nitrogens is 4. The van der Waals surface area contributed by atoms with Crippen LogP contribution in [0.4, 0.5) is 8.78 Å². The number of fused-ring (bicyclic) bond motifs is 6. The summed E-state index contributed by atoms with van der Waals surface area (Å²) in [5.74, 6) is -7.13. The molecule has 5 amide bonds. The lowest BCUT2D eigenvalue weighted by Gasteiger charge is -2.26. The minimum absolute atomic E-state index is 0.0245. The maximum absolute atomic E-state index is 15.7. The molecule has 2 aromatic carbocycles. The van der Waals surface area contributed by atoms with Gasteiger partial charge in [-0.25, -0.2) is 41.9 Å². The lowest BCUT2D eigenvalue weighted by Crippen LogP contribution is -2.54. The fourth-order valence-corrected chi connectivity index (χ4v) is 17.2. The van der Waals surface area contributed by atoms with Crippen LogP contribution in [0.2, 0.25) is 0 Å². The first-order valence-electron chi connectivity index (χ1n) is 33.7. The van der Waals surface area contributed by atoms with Crippen LogP contribution in [0.25, 0.3) is 43.2 Å². The molecule has 0 spiro atoms.